The number of anilines is 1. The van der Waals surface area contributed by atoms with Gasteiger partial charge in [0.05, 0.1) is 5.75 Å². The third-order valence-electron chi connectivity index (χ3n) is 2.67. The van der Waals surface area contributed by atoms with Crippen molar-refractivity contribution in [3.8, 4) is 12.1 Å². The van der Waals surface area contributed by atoms with Gasteiger partial charge in [0.2, 0.25) is 0 Å². The van der Waals surface area contributed by atoms with Crippen LogP contribution in [0.2, 0.25) is 0 Å². The molecule has 1 N–H and O–H groups in total. The van der Waals surface area contributed by atoms with Crippen LogP contribution in [0.5, 0.6) is 0 Å². The lowest BCUT2D eigenvalue weighted by Crippen LogP contribution is -2.22. The van der Waals surface area contributed by atoms with Gasteiger partial charge in [0.15, 0.2) is 5.57 Å². The molecule has 0 aromatic heterocycles. The molecular formula is C16H17N3OS. The molecule has 0 spiro atoms. The van der Waals surface area contributed by atoms with Gasteiger partial charge in [-0.3, -0.25) is 4.79 Å². The highest BCUT2D eigenvalue weighted by atomic mass is 32.2. The number of nitriles is 2. The van der Waals surface area contributed by atoms with E-state index in [1.807, 2.05) is 63.2 Å². The molecule has 1 aromatic carbocycles. The maximum Gasteiger partial charge on any atom is 0.159 e. The van der Waals surface area contributed by atoms with E-state index in [4.69, 9.17) is 10.5 Å². The van der Waals surface area contributed by atoms with Gasteiger partial charge in [-0.05, 0) is 12.1 Å². The lowest BCUT2D eigenvalue weighted by molar-refractivity contribution is -0.123. The van der Waals surface area contributed by atoms with Gasteiger partial charge in [0.25, 0.3) is 0 Å². The summed E-state index contributed by atoms with van der Waals surface area (Å²) in [5.74, 6) is 0.279. The van der Waals surface area contributed by atoms with Crippen LogP contribution in [0.1, 0.15) is 20.8 Å². The smallest absolute Gasteiger partial charge is 0.159 e. The summed E-state index contributed by atoms with van der Waals surface area (Å²) in [6.07, 6.45) is 0. The topological polar surface area (TPSA) is 76.7 Å². The summed E-state index contributed by atoms with van der Waals surface area (Å²) in [4.78, 5) is 12.0. The van der Waals surface area contributed by atoms with Crippen LogP contribution < -0.4 is 5.32 Å². The molecular weight excluding hydrogens is 282 g/mol. The Hall–Kier alpha value is -2.24. The molecule has 108 valence electrons. The van der Waals surface area contributed by atoms with Crippen LogP contribution in [0.25, 0.3) is 0 Å². The van der Waals surface area contributed by atoms with E-state index in [1.165, 1.54) is 11.8 Å². The van der Waals surface area contributed by atoms with Crippen molar-refractivity contribution in [3.05, 3.63) is 40.9 Å². The van der Waals surface area contributed by atoms with E-state index in [0.717, 1.165) is 5.69 Å². The molecule has 0 amide bonds. The molecule has 21 heavy (non-hydrogen) atoms. The molecule has 0 saturated heterocycles. The summed E-state index contributed by atoms with van der Waals surface area (Å²) in [7, 11) is 0. The first kappa shape index (κ1) is 16.8. The van der Waals surface area contributed by atoms with Gasteiger partial charge in [-0.2, -0.15) is 10.5 Å². The van der Waals surface area contributed by atoms with E-state index in [-0.39, 0.29) is 17.1 Å². The van der Waals surface area contributed by atoms with Crippen LogP contribution in [0, 0.1) is 28.1 Å². The third kappa shape index (κ3) is 5.33. The molecule has 1 rings (SSSR count). The fourth-order valence-corrected chi connectivity index (χ4v) is 2.44. The van der Waals surface area contributed by atoms with Crippen LogP contribution in [-0.4, -0.2) is 11.5 Å². The van der Waals surface area contributed by atoms with Gasteiger partial charge in [0.1, 0.15) is 23.0 Å². The quantitative estimate of drug-likeness (QED) is 0.839. The van der Waals surface area contributed by atoms with Gasteiger partial charge in [-0.15, -0.1) is 0 Å². The average Bonchev–Trinajstić information content (AvgIpc) is 2.45. The van der Waals surface area contributed by atoms with Crippen molar-refractivity contribution >= 4 is 23.2 Å². The van der Waals surface area contributed by atoms with Crippen molar-refractivity contribution in [2.75, 3.05) is 11.1 Å². The number of thioether (sulfide) groups is 1. The highest BCUT2D eigenvalue weighted by molar-refractivity contribution is 8.03. The molecule has 0 heterocycles. The number of para-hydroxylation sites is 1. The van der Waals surface area contributed by atoms with Crippen molar-refractivity contribution in [2.45, 2.75) is 20.8 Å². The van der Waals surface area contributed by atoms with Crippen molar-refractivity contribution in [3.63, 3.8) is 0 Å². The molecule has 0 unspecified atom stereocenters. The predicted molar refractivity (Wildman–Crippen MR) is 85.2 cm³/mol. The zero-order valence-corrected chi connectivity index (χ0v) is 13.1. The Morgan fingerprint density at radius 1 is 1.19 bits per heavy atom. The normalized spacial score (nSPS) is 10.1. The number of rotatable bonds is 5. The number of benzene rings is 1. The molecule has 0 saturated carbocycles. The van der Waals surface area contributed by atoms with Gasteiger partial charge in [-0.1, -0.05) is 50.7 Å². The number of carbonyl (C=O) groups is 1. The first-order valence-corrected chi connectivity index (χ1v) is 7.39. The summed E-state index contributed by atoms with van der Waals surface area (Å²) in [5, 5.41) is 21.5. The van der Waals surface area contributed by atoms with Gasteiger partial charge in [0, 0.05) is 11.1 Å². The number of allylic oxidation sites excluding steroid dienone is 1. The minimum absolute atomic E-state index is 0.0226. The fourth-order valence-electron chi connectivity index (χ4n) is 1.30. The Bertz CT molecular complexity index is 600. The maximum absolute atomic E-state index is 12.0. The second-order valence-electron chi connectivity index (χ2n) is 5.38. The van der Waals surface area contributed by atoms with Crippen LogP contribution in [-0.2, 0) is 4.79 Å². The Morgan fingerprint density at radius 3 is 2.24 bits per heavy atom. The van der Waals surface area contributed by atoms with Gasteiger partial charge >= 0.3 is 0 Å². The third-order valence-corrected chi connectivity index (χ3v) is 3.67. The summed E-state index contributed by atoms with van der Waals surface area (Å²) < 4.78 is 0. The molecule has 0 bridgehead atoms. The van der Waals surface area contributed by atoms with Crippen molar-refractivity contribution in [2.24, 2.45) is 5.41 Å². The fraction of sp³-hybridized carbons (Fsp3) is 0.312. The number of hydrogen-bond acceptors (Lipinski definition) is 5. The lowest BCUT2D eigenvalue weighted by atomic mass is 9.92. The molecule has 0 atom stereocenters. The zero-order chi connectivity index (χ0) is 15.9. The Morgan fingerprint density at radius 2 is 1.76 bits per heavy atom. The SMILES string of the molecule is CC(C)(C)C(=O)CSC(Nc1ccccc1)=C(C#N)C#N. The predicted octanol–water partition coefficient (Wildman–Crippen LogP) is 3.71. The van der Waals surface area contributed by atoms with E-state index in [9.17, 15) is 4.79 Å². The maximum atomic E-state index is 12.0. The second kappa shape index (κ2) is 7.52. The molecule has 0 radical (unpaired) electrons. The van der Waals surface area contributed by atoms with Crippen LogP contribution in [0.4, 0.5) is 5.69 Å². The monoisotopic (exact) mass is 299 g/mol. The van der Waals surface area contributed by atoms with Crippen LogP contribution in [0.3, 0.4) is 0 Å². The molecule has 0 aliphatic heterocycles. The highest BCUT2D eigenvalue weighted by Crippen LogP contribution is 2.25. The molecule has 0 fully saturated rings. The van der Waals surface area contributed by atoms with Crippen molar-refractivity contribution in [1.29, 1.82) is 10.5 Å². The number of nitrogens with zero attached hydrogens (tertiary/aromatic N) is 2. The minimum Gasteiger partial charge on any atom is -0.349 e. The van der Waals surface area contributed by atoms with Crippen LogP contribution >= 0.6 is 11.8 Å². The number of hydrogen-bond donors (Lipinski definition) is 1. The Balaban J connectivity index is 2.92. The van der Waals surface area contributed by atoms with E-state index >= 15 is 0 Å². The summed E-state index contributed by atoms with van der Waals surface area (Å²) in [6, 6.07) is 13.0. The molecule has 4 nitrogen and oxygen atoms in total. The highest BCUT2D eigenvalue weighted by Gasteiger charge is 2.22. The summed E-state index contributed by atoms with van der Waals surface area (Å²) in [5.41, 5.74) is 0.307. The van der Waals surface area contributed by atoms with E-state index < -0.39 is 5.41 Å². The number of carbonyl (C=O) groups excluding carboxylic acids is 1. The van der Waals surface area contributed by atoms with Crippen molar-refractivity contribution < 1.29 is 4.79 Å². The number of ketones is 1. The number of nitrogens with one attached hydrogen (secondary N) is 1. The zero-order valence-electron chi connectivity index (χ0n) is 12.3. The van der Waals surface area contributed by atoms with E-state index in [0.29, 0.717) is 5.03 Å². The minimum atomic E-state index is -0.440. The standard InChI is InChI=1S/C16H17N3OS/c1-16(2,3)14(20)11-21-15(12(9-17)10-18)19-13-7-5-4-6-8-13/h4-8,19H,11H2,1-3H3. The Labute approximate surface area is 129 Å². The first-order chi connectivity index (χ1) is 9.88. The molecule has 5 heteroatoms. The molecule has 0 aliphatic rings. The lowest BCUT2D eigenvalue weighted by Gasteiger charge is -2.17. The van der Waals surface area contributed by atoms with Gasteiger partial charge in [-0.25, -0.2) is 0 Å². The van der Waals surface area contributed by atoms with E-state index in [2.05, 4.69) is 5.32 Å². The number of Topliss-reactive ketones (excluding diaryl/α,β-unsaturated/α-hetero) is 1. The van der Waals surface area contributed by atoms with E-state index in [1.54, 1.807) is 0 Å². The Kier molecular flexibility index (Phi) is 6.02. The first-order valence-electron chi connectivity index (χ1n) is 6.41. The molecule has 0 aliphatic carbocycles. The average molecular weight is 299 g/mol. The largest absolute Gasteiger partial charge is 0.349 e. The summed E-state index contributed by atoms with van der Waals surface area (Å²) >= 11 is 1.18. The second-order valence-corrected chi connectivity index (χ2v) is 6.37. The summed E-state index contributed by atoms with van der Waals surface area (Å²) in [6.45, 7) is 5.54. The molecule has 1 aromatic rings. The van der Waals surface area contributed by atoms with Gasteiger partial charge < -0.3 is 5.32 Å². The van der Waals surface area contributed by atoms with Crippen LogP contribution in [0.15, 0.2) is 40.9 Å². The van der Waals surface area contributed by atoms with Crippen molar-refractivity contribution in [1.82, 2.24) is 0 Å².